The van der Waals surface area contributed by atoms with Crippen molar-refractivity contribution in [1.29, 1.82) is 0 Å². The Hall–Kier alpha value is -0.580. The van der Waals surface area contributed by atoms with E-state index in [1.807, 2.05) is 25.1 Å². The average molecular weight is 309 g/mol. The van der Waals surface area contributed by atoms with Gasteiger partial charge in [0.15, 0.2) is 0 Å². The largest absolute Gasteiger partial charge is 0.469 e. The Morgan fingerprint density at radius 3 is 2.62 bits per heavy atom. The van der Waals surface area contributed by atoms with Crippen molar-refractivity contribution in [3.05, 3.63) is 33.8 Å². The molecule has 16 heavy (non-hydrogen) atoms. The number of benzene rings is 1. The molecule has 0 saturated heterocycles. The smallest absolute Gasteiger partial charge is 0.307 e. The molecular formula is C11H15BrClNO2. The van der Waals surface area contributed by atoms with Gasteiger partial charge < -0.3 is 10.5 Å². The summed E-state index contributed by atoms with van der Waals surface area (Å²) in [5.41, 5.74) is 7.94. The van der Waals surface area contributed by atoms with Crippen molar-refractivity contribution >= 4 is 34.3 Å². The molecule has 1 aromatic carbocycles. The number of halogens is 2. The molecule has 0 aliphatic rings. The zero-order valence-corrected chi connectivity index (χ0v) is 11.6. The lowest BCUT2D eigenvalue weighted by molar-refractivity contribution is -0.141. The maximum Gasteiger partial charge on any atom is 0.307 e. The number of esters is 1. The third-order valence-electron chi connectivity index (χ3n) is 2.11. The number of methoxy groups -OCH3 is 1. The number of hydrogen-bond donors (Lipinski definition) is 1. The van der Waals surface area contributed by atoms with Crippen molar-refractivity contribution in [2.45, 2.75) is 19.4 Å². The second kappa shape index (κ2) is 6.89. The van der Waals surface area contributed by atoms with Gasteiger partial charge in [-0.3, -0.25) is 4.79 Å². The molecule has 0 bridgehead atoms. The average Bonchev–Trinajstić information content (AvgIpc) is 2.16. The molecule has 1 aromatic rings. The zero-order chi connectivity index (χ0) is 11.4. The van der Waals surface area contributed by atoms with E-state index in [4.69, 9.17) is 5.73 Å². The van der Waals surface area contributed by atoms with Gasteiger partial charge >= 0.3 is 5.97 Å². The van der Waals surface area contributed by atoms with Crippen LogP contribution in [0.1, 0.15) is 23.6 Å². The molecule has 0 heterocycles. The molecule has 0 aromatic heterocycles. The van der Waals surface area contributed by atoms with E-state index in [9.17, 15) is 4.79 Å². The molecule has 90 valence electrons. The first-order chi connectivity index (χ1) is 7.02. The van der Waals surface area contributed by atoms with Crippen molar-refractivity contribution in [2.24, 2.45) is 5.73 Å². The molecule has 0 radical (unpaired) electrons. The topological polar surface area (TPSA) is 52.3 Å². The Bertz CT molecular complexity index is 351. The van der Waals surface area contributed by atoms with Gasteiger partial charge in [0.05, 0.1) is 13.5 Å². The first kappa shape index (κ1) is 15.4. The molecule has 3 nitrogen and oxygen atoms in total. The highest BCUT2D eigenvalue weighted by Crippen LogP contribution is 2.21. The van der Waals surface area contributed by atoms with E-state index in [1.54, 1.807) is 0 Å². The Balaban J connectivity index is 0.00000225. The maximum absolute atomic E-state index is 11.1. The van der Waals surface area contributed by atoms with Crippen molar-refractivity contribution in [1.82, 2.24) is 0 Å². The van der Waals surface area contributed by atoms with Gasteiger partial charge in [0, 0.05) is 10.5 Å². The van der Waals surface area contributed by atoms with E-state index in [2.05, 4.69) is 20.7 Å². The van der Waals surface area contributed by atoms with E-state index in [-0.39, 0.29) is 30.8 Å². The third-order valence-corrected chi connectivity index (χ3v) is 2.56. The van der Waals surface area contributed by atoms with Gasteiger partial charge in [-0.2, -0.15) is 0 Å². The summed E-state index contributed by atoms with van der Waals surface area (Å²) in [7, 11) is 1.36. The fraction of sp³-hybridized carbons (Fsp3) is 0.364. The van der Waals surface area contributed by atoms with Crippen LogP contribution in [0, 0.1) is 6.92 Å². The summed E-state index contributed by atoms with van der Waals surface area (Å²) >= 11 is 3.39. The lowest BCUT2D eigenvalue weighted by atomic mass is 10.0. The van der Waals surface area contributed by atoms with Gasteiger partial charge in [0.1, 0.15) is 0 Å². The number of rotatable bonds is 3. The summed E-state index contributed by atoms with van der Waals surface area (Å²) in [4.78, 5) is 11.1. The lowest BCUT2D eigenvalue weighted by Crippen LogP contribution is -2.16. The Morgan fingerprint density at radius 1 is 1.50 bits per heavy atom. The second-order valence-electron chi connectivity index (χ2n) is 3.45. The first-order valence-corrected chi connectivity index (χ1v) is 5.41. The van der Waals surface area contributed by atoms with Gasteiger partial charge in [-0.05, 0) is 30.2 Å². The number of carbonyl (C=O) groups is 1. The van der Waals surface area contributed by atoms with E-state index in [0.717, 1.165) is 15.6 Å². The van der Waals surface area contributed by atoms with Gasteiger partial charge in [0.2, 0.25) is 0 Å². The molecule has 0 spiro atoms. The van der Waals surface area contributed by atoms with Crippen molar-refractivity contribution in [3.8, 4) is 0 Å². The number of nitrogens with two attached hydrogens (primary N) is 1. The summed E-state index contributed by atoms with van der Waals surface area (Å²) in [5.74, 6) is -0.292. The highest BCUT2D eigenvalue weighted by molar-refractivity contribution is 9.10. The second-order valence-corrected chi connectivity index (χ2v) is 4.36. The van der Waals surface area contributed by atoms with Crippen LogP contribution in [-0.2, 0) is 9.53 Å². The standard InChI is InChI=1S/C11H14BrNO2.ClH/c1-7-3-8(5-9(12)4-7)10(13)6-11(14)15-2;/h3-5,10H,6,13H2,1-2H3;1H/t10-;/m0./s1. The van der Waals surface area contributed by atoms with Crippen molar-refractivity contribution in [2.75, 3.05) is 7.11 Å². The quantitative estimate of drug-likeness (QED) is 0.874. The van der Waals surface area contributed by atoms with E-state index >= 15 is 0 Å². The molecule has 0 unspecified atom stereocenters. The minimum atomic E-state index is -0.311. The summed E-state index contributed by atoms with van der Waals surface area (Å²) in [5, 5.41) is 0. The molecule has 0 saturated carbocycles. The predicted octanol–water partition coefficient (Wildman–Crippen LogP) is 2.74. The summed E-state index contributed by atoms with van der Waals surface area (Å²) in [6.45, 7) is 1.99. The van der Waals surface area contributed by atoms with E-state index < -0.39 is 0 Å². The van der Waals surface area contributed by atoms with E-state index in [0.29, 0.717) is 0 Å². The number of ether oxygens (including phenoxy) is 1. The van der Waals surface area contributed by atoms with Gasteiger partial charge in [-0.25, -0.2) is 0 Å². The van der Waals surface area contributed by atoms with Crippen molar-refractivity contribution in [3.63, 3.8) is 0 Å². The summed E-state index contributed by atoms with van der Waals surface area (Å²) in [6.07, 6.45) is 0.201. The fourth-order valence-corrected chi connectivity index (χ4v) is 1.98. The lowest BCUT2D eigenvalue weighted by Gasteiger charge is -2.11. The molecule has 0 aliphatic heterocycles. The van der Waals surface area contributed by atoms with Crippen LogP contribution in [0.3, 0.4) is 0 Å². The number of aryl methyl sites for hydroxylation is 1. The van der Waals surface area contributed by atoms with Crippen LogP contribution in [0.5, 0.6) is 0 Å². The van der Waals surface area contributed by atoms with E-state index in [1.165, 1.54) is 7.11 Å². The minimum absolute atomic E-state index is 0. The number of carbonyl (C=O) groups excluding carboxylic acids is 1. The van der Waals surface area contributed by atoms with Gasteiger partial charge in [-0.15, -0.1) is 12.4 Å². The minimum Gasteiger partial charge on any atom is -0.469 e. The van der Waals surface area contributed by atoms with Crippen LogP contribution in [0.2, 0.25) is 0 Å². The molecule has 0 fully saturated rings. The number of hydrogen-bond acceptors (Lipinski definition) is 3. The Morgan fingerprint density at radius 2 is 2.12 bits per heavy atom. The molecule has 0 aliphatic carbocycles. The van der Waals surface area contributed by atoms with Crippen LogP contribution in [0.15, 0.2) is 22.7 Å². The molecule has 5 heteroatoms. The monoisotopic (exact) mass is 307 g/mol. The molecule has 1 rings (SSSR count). The summed E-state index contributed by atoms with van der Waals surface area (Å²) in [6, 6.07) is 5.57. The normalized spacial score (nSPS) is 11.5. The zero-order valence-electron chi connectivity index (χ0n) is 9.20. The SMILES string of the molecule is COC(=O)C[C@H](N)c1cc(C)cc(Br)c1.Cl. The van der Waals surface area contributed by atoms with Crippen LogP contribution >= 0.6 is 28.3 Å². The highest BCUT2D eigenvalue weighted by Gasteiger charge is 2.12. The van der Waals surface area contributed by atoms with Gasteiger partial charge in [-0.1, -0.05) is 22.0 Å². The fourth-order valence-electron chi connectivity index (χ4n) is 1.36. The Labute approximate surface area is 110 Å². The maximum atomic E-state index is 11.1. The summed E-state index contributed by atoms with van der Waals surface area (Å²) < 4.78 is 5.54. The molecule has 2 N–H and O–H groups in total. The van der Waals surface area contributed by atoms with Crippen LogP contribution in [-0.4, -0.2) is 13.1 Å². The predicted molar refractivity (Wildman–Crippen MR) is 69.7 cm³/mol. The molecule has 0 amide bonds. The van der Waals surface area contributed by atoms with Crippen LogP contribution in [0.4, 0.5) is 0 Å². The van der Waals surface area contributed by atoms with Crippen molar-refractivity contribution < 1.29 is 9.53 Å². The first-order valence-electron chi connectivity index (χ1n) is 4.62. The molecule has 1 atom stereocenters. The highest BCUT2D eigenvalue weighted by atomic mass is 79.9. The van der Waals surface area contributed by atoms with Crippen LogP contribution in [0.25, 0.3) is 0 Å². The van der Waals surface area contributed by atoms with Crippen LogP contribution < -0.4 is 5.73 Å². The Kier molecular flexibility index (Phi) is 6.64. The third kappa shape index (κ3) is 4.51. The van der Waals surface area contributed by atoms with Gasteiger partial charge in [0.25, 0.3) is 0 Å². The molecular weight excluding hydrogens is 293 g/mol.